The first-order chi connectivity index (χ1) is 13.7. The van der Waals surface area contributed by atoms with Crippen molar-refractivity contribution in [3.8, 4) is 0 Å². The Labute approximate surface area is 173 Å². The van der Waals surface area contributed by atoms with Crippen molar-refractivity contribution in [2.24, 2.45) is 0 Å². The van der Waals surface area contributed by atoms with E-state index >= 15 is 0 Å². The van der Waals surface area contributed by atoms with Gasteiger partial charge in [0.05, 0.1) is 9.92 Å². The second kappa shape index (κ2) is 8.23. The van der Waals surface area contributed by atoms with E-state index in [1.807, 2.05) is 31.2 Å². The molecule has 0 atom stereocenters. The molecule has 0 bridgehead atoms. The van der Waals surface area contributed by atoms with Crippen molar-refractivity contribution in [3.05, 3.63) is 88.7 Å². The second-order valence-corrected chi connectivity index (χ2v) is 8.55. The van der Waals surface area contributed by atoms with Crippen LogP contribution in [0, 0.1) is 12.7 Å². The number of hydrogen-bond acceptors (Lipinski definition) is 3. The van der Waals surface area contributed by atoms with Gasteiger partial charge >= 0.3 is 0 Å². The monoisotopic (exact) mass is 432 g/mol. The summed E-state index contributed by atoms with van der Waals surface area (Å²) in [5, 5.41) is -0.284. The number of carbonyl (C=O) groups excluding carboxylic acids is 1. The molecule has 0 aliphatic rings. The predicted octanol–water partition coefficient (Wildman–Crippen LogP) is 4.86. The number of anilines is 2. The SMILES string of the molecule is Cc1ccc(N(C)C(=O)c2ccc(NS(=O)(=O)c3ccc(F)c(Cl)c3)cc2)cc1. The standard InChI is InChI=1S/C21H18ClFN2O3S/c1-14-3-9-17(10-4-14)25(2)21(26)15-5-7-16(8-6-15)24-29(27,28)18-11-12-20(23)19(22)13-18/h3-13,24H,1-2H3. The van der Waals surface area contributed by atoms with Gasteiger partial charge in [-0.1, -0.05) is 29.3 Å². The largest absolute Gasteiger partial charge is 0.311 e. The van der Waals surface area contributed by atoms with Gasteiger partial charge in [-0.2, -0.15) is 0 Å². The maximum atomic E-state index is 13.3. The summed E-state index contributed by atoms with van der Waals surface area (Å²) < 4.78 is 40.5. The Morgan fingerprint density at radius 1 is 1.00 bits per heavy atom. The highest BCUT2D eigenvalue weighted by atomic mass is 35.5. The van der Waals surface area contributed by atoms with Crippen LogP contribution in [-0.2, 0) is 10.0 Å². The number of rotatable bonds is 5. The molecule has 1 N–H and O–H groups in total. The summed E-state index contributed by atoms with van der Waals surface area (Å²) in [6.07, 6.45) is 0. The van der Waals surface area contributed by atoms with Crippen LogP contribution >= 0.6 is 11.6 Å². The third kappa shape index (κ3) is 4.75. The van der Waals surface area contributed by atoms with Crippen molar-refractivity contribution in [2.45, 2.75) is 11.8 Å². The molecule has 0 fully saturated rings. The molecule has 0 aliphatic heterocycles. The molecule has 0 spiro atoms. The van der Waals surface area contributed by atoms with Gasteiger partial charge in [0, 0.05) is 24.0 Å². The van der Waals surface area contributed by atoms with Crippen molar-refractivity contribution < 1.29 is 17.6 Å². The normalized spacial score (nSPS) is 11.2. The minimum absolute atomic E-state index is 0.164. The summed E-state index contributed by atoms with van der Waals surface area (Å²) in [5.41, 5.74) is 2.51. The van der Waals surface area contributed by atoms with Gasteiger partial charge < -0.3 is 4.90 Å². The first-order valence-corrected chi connectivity index (χ1v) is 10.5. The molecule has 0 unspecified atom stereocenters. The molecule has 1 amide bonds. The minimum atomic E-state index is -3.95. The van der Waals surface area contributed by atoms with Gasteiger partial charge in [0.25, 0.3) is 15.9 Å². The van der Waals surface area contributed by atoms with Crippen LogP contribution in [-0.4, -0.2) is 21.4 Å². The molecule has 0 radical (unpaired) electrons. The number of nitrogens with one attached hydrogen (secondary N) is 1. The Kier molecular flexibility index (Phi) is 5.91. The van der Waals surface area contributed by atoms with E-state index in [1.54, 1.807) is 7.05 Å². The van der Waals surface area contributed by atoms with E-state index in [9.17, 15) is 17.6 Å². The Balaban J connectivity index is 1.76. The maximum absolute atomic E-state index is 13.3. The first-order valence-electron chi connectivity index (χ1n) is 8.60. The van der Waals surface area contributed by atoms with E-state index in [0.717, 1.165) is 29.4 Å². The minimum Gasteiger partial charge on any atom is -0.311 e. The van der Waals surface area contributed by atoms with Gasteiger partial charge in [0.1, 0.15) is 5.82 Å². The average Bonchev–Trinajstić information content (AvgIpc) is 2.70. The van der Waals surface area contributed by atoms with Crippen molar-refractivity contribution >= 4 is 38.9 Å². The van der Waals surface area contributed by atoms with Crippen molar-refractivity contribution in [1.29, 1.82) is 0 Å². The van der Waals surface area contributed by atoms with E-state index in [-0.39, 0.29) is 21.5 Å². The Hall–Kier alpha value is -2.90. The van der Waals surface area contributed by atoms with E-state index in [0.29, 0.717) is 5.56 Å². The fourth-order valence-electron chi connectivity index (χ4n) is 2.62. The van der Waals surface area contributed by atoms with Crippen molar-refractivity contribution in [1.82, 2.24) is 0 Å². The number of amides is 1. The molecule has 0 heterocycles. The lowest BCUT2D eigenvalue weighted by molar-refractivity contribution is 0.0993. The lowest BCUT2D eigenvalue weighted by Gasteiger charge is -2.18. The van der Waals surface area contributed by atoms with Crippen LogP contribution in [0.5, 0.6) is 0 Å². The summed E-state index contributed by atoms with van der Waals surface area (Å²) >= 11 is 5.66. The lowest BCUT2D eigenvalue weighted by Crippen LogP contribution is -2.26. The van der Waals surface area contributed by atoms with Gasteiger partial charge in [-0.3, -0.25) is 9.52 Å². The molecule has 3 aromatic rings. The molecule has 0 aliphatic carbocycles. The van der Waals surface area contributed by atoms with E-state index in [2.05, 4.69) is 4.72 Å². The zero-order chi connectivity index (χ0) is 21.2. The van der Waals surface area contributed by atoms with E-state index < -0.39 is 15.8 Å². The van der Waals surface area contributed by atoms with Gasteiger partial charge in [0.15, 0.2) is 0 Å². The molecule has 3 aromatic carbocycles. The lowest BCUT2D eigenvalue weighted by atomic mass is 10.1. The Morgan fingerprint density at radius 2 is 1.62 bits per heavy atom. The average molecular weight is 433 g/mol. The molecule has 0 aromatic heterocycles. The Bertz CT molecular complexity index is 1150. The fraction of sp³-hybridized carbons (Fsp3) is 0.0952. The quantitative estimate of drug-likeness (QED) is 0.625. The number of nitrogens with zero attached hydrogens (tertiary/aromatic N) is 1. The molecule has 0 saturated carbocycles. The Morgan fingerprint density at radius 3 is 2.21 bits per heavy atom. The molecule has 150 valence electrons. The van der Waals surface area contributed by atoms with Crippen LogP contribution in [0.3, 0.4) is 0 Å². The zero-order valence-electron chi connectivity index (χ0n) is 15.7. The smallest absolute Gasteiger partial charge is 0.261 e. The highest BCUT2D eigenvalue weighted by Gasteiger charge is 2.17. The maximum Gasteiger partial charge on any atom is 0.261 e. The van der Waals surface area contributed by atoms with Crippen LogP contribution in [0.15, 0.2) is 71.6 Å². The van der Waals surface area contributed by atoms with Gasteiger partial charge in [-0.25, -0.2) is 12.8 Å². The number of hydrogen-bond donors (Lipinski definition) is 1. The predicted molar refractivity (Wildman–Crippen MR) is 113 cm³/mol. The summed E-state index contributed by atoms with van der Waals surface area (Å²) in [6.45, 7) is 1.96. The van der Waals surface area contributed by atoms with Gasteiger partial charge in [0.2, 0.25) is 0 Å². The zero-order valence-corrected chi connectivity index (χ0v) is 17.3. The summed E-state index contributed by atoms with van der Waals surface area (Å²) in [5.74, 6) is -0.931. The number of halogens is 2. The van der Waals surface area contributed by atoms with Gasteiger partial charge in [-0.05, 0) is 61.5 Å². The van der Waals surface area contributed by atoms with Crippen molar-refractivity contribution in [2.75, 3.05) is 16.7 Å². The third-order valence-electron chi connectivity index (χ3n) is 4.31. The van der Waals surface area contributed by atoms with Crippen LogP contribution in [0.1, 0.15) is 15.9 Å². The number of aryl methyl sites for hydroxylation is 1. The third-order valence-corrected chi connectivity index (χ3v) is 5.98. The highest BCUT2D eigenvalue weighted by molar-refractivity contribution is 7.92. The number of benzene rings is 3. The molecule has 29 heavy (non-hydrogen) atoms. The molecular formula is C21H18ClFN2O3S. The molecule has 3 rings (SSSR count). The molecular weight excluding hydrogens is 415 g/mol. The molecule has 8 heteroatoms. The van der Waals surface area contributed by atoms with Crippen LogP contribution in [0.25, 0.3) is 0 Å². The summed E-state index contributed by atoms with van der Waals surface area (Å²) in [6, 6.07) is 16.7. The summed E-state index contributed by atoms with van der Waals surface area (Å²) in [7, 11) is -2.28. The molecule has 0 saturated heterocycles. The molecule has 5 nitrogen and oxygen atoms in total. The van der Waals surface area contributed by atoms with Crippen LogP contribution in [0.4, 0.5) is 15.8 Å². The number of carbonyl (C=O) groups is 1. The van der Waals surface area contributed by atoms with E-state index in [1.165, 1.54) is 29.2 Å². The van der Waals surface area contributed by atoms with Crippen molar-refractivity contribution in [3.63, 3.8) is 0 Å². The highest BCUT2D eigenvalue weighted by Crippen LogP contribution is 2.23. The topological polar surface area (TPSA) is 66.5 Å². The summed E-state index contributed by atoms with van der Waals surface area (Å²) in [4.78, 5) is 14.0. The van der Waals surface area contributed by atoms with Crippen LogP contribution < -0.4 is 9.62 Å². The van der Waals surface area contributed by atoms with Gasteiger partial charge in [-0.15, -0.1) is 0 Å². The fourth-order valence-corrected chi connectivity index (χ4v) is 3.95. The van der Waals surface area contributed by atoms with E-state index in [4.69, 9.17) is 11.6 Å². The second-order valence-electron chi connectivity index (χ2n) is 6.46. The first kappa shape index (κ1) is 20.8. The van der Waals surface area contributed by atoms with Crippen LogP contribution in [0.2, 0.25) is 5.02 Å². The number of sulfonamides is 1.